The van der Waals surface area contributed by atoms with E-state index in [1.165, 1.54) is 17.2 Å². The molecule has 25 heavy (non-hydrogen) atoms. The summed E-state index contributed by atoms with van der Waals surface area (Å²) in [6, 6.07) is 20.7. The molecule has 0 heterocycles. The van der Waals surface area contributed by atoms with Gasteiger partial charge in [-0.1, -0.05) is 35.9 Å². The highest BCUT2D eigenvalue weighted by Gasteiger charge is 2.17. The van der Waals surface area contributed by atoms with E-state index in [9.17, 15) is 4.39 Å². The third-order valence-corrected chi connectivity index (χ3v) is 4.32. The van der Waals surface area contributed by atoms with Crippen LogP contribution in [0.3, 0.4) is 0 Å². The molecule has 1 atom stereocenters. The minimum Gasteiger partial charge on any atom is -0.497 e. The summed E-state index contributed by atoms with van der Waals surface area (Å²) in [4.78, 5) is 0. The Labute approximate surface area is 148 Å². The van der Waals surface area contributed by atoms with Crippen molar-refractivity contribution in [1.82, 2.24) is 0 Å². The third-order valence-electron chi connectivity index (χ3n) is 4.32. The molecule has 0 saturated carbocycles. The maximum absolute atomic E-state index is 13.8. The normalized spacial score (nSPS) is 11.8. The van der Waals surface area contributed by atoms with Crippen molar-refractivity contribution in [2.75, 3.05) is 12.4 Å². The third kappa shape index (κ3) is 4.00. The maximum Gasteiger partial charge on any atom is 0.123 e. The zero-order chi connectivity index (χ0) is 17.8. The summed E-state index contributed by atoms with van der Waals surface area (Å²) < 4.78 is 19.0. The first-order valence-corrected chi connectivity index (χ1v) is 8.30. The Morgan fingerprint density at radius 3 is 2.32 bits per heavy atom. The minimum atomic E-state index is -0.233. The zero-order valence-electron chi connectivity index (χ0n) is 14.7. The molecule has 3 aromatic rings. The summed E-state index contributed by atoms with van der Waals surface area (Å²) >= 11 is 0. The maximum atomic E-state index is 13.8. The highest BCUT2D eigenvalue weighted by Crippen LogP contribution is 2.30. The van der Waals surface area contributed by atoms with Crippen LogP contribution in [0.5, 0.6) is 5.75 Å². The number of rotatable bonds is 5. The second-order valence-electron chi connectivity index (χ2n) is 6.22. The van der Waals surface area contributed by atoms with Gasteiger partial charge in [-0.05, 0) is 66.9 Å². The Morgan fingerprint density at radius 1 is 0.920 bits per heavy atom. The highest BCUT2D eigenvalue weighted by atomic mass is 19.1. The molecule has 0 aromatic heterocycles. The van der Waals surface area contributed by atoms with E-state index in [0.29, 0.717) is 0 Å². The number of hydrogen-bond acceptors (Lipinski definition) is 2. The van der Waals surface area contributed by atoms with Gasteiger partial charge in [0.25, 0.3) is 0 Å². The lowest BCUT2D eigenvalue weighted by Gasteiger charge is -2.23. The van der Waals surface area contributed by atoms with E-state index in [-0.39, 0.29) is 11.9 Å². The first-order chi connectivity index (χ1) is 12.1. The van der Waals surface area contributed by atoms with Gasteiger partial charge in [-0.15, -0.1) is 0 Å². The molecule has 1 unspecified atom stereocenters. The van der Waals surface area contributed by atoms with E-state index in [4.69, 9.17) is 4.74 Å². The van der Waals surface area contributed by atoms with Crippen LogP contribution in [0.1, 0.15) is 28.3 Å². The number of aryl methyl sites for hydroxylation is 2. The molecule has 0 amide bonds. The van der Waals surface area contributed by atoms with Gasteiger partial charge in [0.1, 0.15) is 11.6 Å². The van der Waals surface area contributed by atoms with Crippen LogP contribution in [0.4, 0.5) is 10.1 Å². The van der Waals surface area contributed by atoms with Crippen LogP contribution >= 0.6 is 0 Å². The predicted octanol–water partition coefficient (Wildman–Crippen LogP) is 5.65. The van der Waals surface area contributed by atoms with E-state index in [0.717, 1.165) is 22.6 Å². The first kappa shape index (κ1) is 17.0. The molecule has 1 N–H and O–H groups in total. The standard InChI is InChI=1S/C22H22FNO/c1-15-7-12-21(16(2)13-15)22(17-5-4-6-18(23)14-17)24-19-8-10-20(25-3)11-9-19/h4-14,22,24H,1-3H3. The first-order valence-electron chi connectivity index (χ1n) is 8.30. The Kier molecular flexibility index (Phi) is 5.03. The average Bonchev–Trinajstić information content (AvgIpc) is 2.61. The van der Waals surface area contributed by atoms with Gasteiger partial charge in [0.15, 0.2) is 0 Å². The van der Waals surface area contributed by atoms with Crippen molar-refractivity contribution in [3.63, 3.8) is 0 Å². The largest absolute Gasteiger partial charge is 0.497 e. The van der Waals surface area contributed by atoms with Crippen LogP contribution < -0.4 is 10.1 Å². The van der Waals surface area contributed by atoms with Crippen molar-refractivity contribution in [1.29, 1.82) is 0 Å². The topological polar surface area (TPSA) is 21.3 Å². The average molecular weight is 335 g/mol. The van der Waals surface area contributed by atoms with Gasteiger partial charge in [0, 0.05) is 5.69 Å². The van der Waals surface area contributed by atoms with E-state index in [1.54, 1.807) is 19.2 Å². The van der Waals surface area contributed by atoms with Crippen molar-refractivity contribution in [3.8, 4) is 5.75 Å². The number of halogens is 1. The molecule has 0 fully saturated rings. The summed E-state index contributed by atoms with van der Waals surface area (Å²) in [6.45, 7) is 4.16. The van der Waals surface area contributed by atoms with Gasteiger partial charge < -0.3 is 10.1 Å². The fourth-order valence-electron chi connectivity index (χ4n) is 3.03. The van der Waals surface area contributed by atoms with Crippen LogP contribution in [0.2, 0.25) is 0 Å². The van der Waals surface area contributed by atoms with Crippen molar-refractivity contribution in [3.05, 3.63) is 94.8 Å². The second kappa shape index (κ2) is 7.39. The lowest BCUT2D eigenvalue weighted by molar-refractivity contribution is 0.415. The van der Waals surface area contributed by atoms with Gasteiger partial charge in [0.05, 0.1) is 13.2 Å². The van der Waals surface area contributed by atoms with E-state index >= 15 is 0 Å². The molecule has 0 radical (unpaired) electrons. The lowest BCUT2D eigenvalue weighted by atomic mass is 9.93. The molecule has 2 nitrogen and oxygen atoms in total. The van der Waals surface area contributed by atoms with Gasteiger partial charge in [-0.3, -0.25) is 0 Å². The summed E-state index contributed by atoms with van der Waals surface area (Å²) in [6.07, 6.45) is 0. The Bertz CT molecular complexity index is 858. The van der Waals surface area contributed by atoms with Crippen molar-refractivity contribution < 1.29 is 9.13 Å². The van der Waals surface area contributed by atoms with Crippen LogP contribution in [0.15, 0.2) is 66.7 Å². The van der Waals surface area contributed by atoms with E-state index in [2.05, 4.69) is 37.4 Å². The van der Waals surface area contributed by atoms with Crippen molar-refractivity contribution >= 4 is 5.69 Å². The molecular formula is C22H22FNO. The molecule has 0 saturated heterocycles. The summed E-state index contributed by atoms with van der Waals surface area (Å²) in [7, 11) is 1.65. The SMILES string of the molecule is COc1ccc(NC(c2cccc(F)c2)c2ccc(C)cc2C)cc1. The second-order valence-corrected chi connectivity index (χ2v) is 6.22. The Hall–Kier alpha value is -2.81. The molecule has 128 valence electrons. The van der Waals surface area contributed by atoms with Gasteiger partial charge in [0.2, 0.25) is 0 Å². The molecule has 0 aliphatic rings. The van der Waals surface area contributed by atoms with E-state index in [1.807, 2.05) is 30.3 Å². The van der Waals surface area contributed by atoms with Crippen molar-refractivity contribution in [2.24, 2.45) is 0 Å². The van der Waals surface area contributed by atoms with Gasteiger partial charge in [-0.25, -0.2) is 4.39 Å². The smallest absolute Gasteiger partial charge is 0.123 e. The lowest BCUT2D eigenvalue weighted by Crippen LogP contribution is -2.14. The molecule has 0 bridgehead atoms. The zero-order valence-corrected chi connectivity index (χ0v) is 14.7. The molecular weight excluding hydrogens is 313 g/mol. The van der Waals surface area contributed by atoms with Crippen LogP contribution in [-0.2, 0) is 0 Å². The van der Waals surface area contributed by atoms with Crippen LogP contribution in [0, 0.1) is 19.7 Å². The predicted molar refractivity (Wildman–Crippen MR) is 101 cm³/mol. The number of nitrogens with one attached hydrogen (secondary N) is 1. The molecule has 0 spiro atoms. The molecule has 3 aromatic carbocycles. The summed E-state index contributed by atoms with van der Waals surface area (Å²) in [5, 5.41) is 3.53. The quantitative estimate of drug-likeness (QED) is 0.650. The fourth-order valence-corrected chi connectivity index (χ4v) is 3.03. The number of anilines is 1. The highest BCUT2D eigenvalue weighted by molar-refractivity contribution is 5.52. The van der Waals surface area contributed by atoms with Gasteiger partial charge >= 0.3 is 0 Å². The minimum absolute atomic E-state index is 0.135. The monoisotopic (exact) mass is 335 g/mol. The summed E-state index contributed by atoms with van der Waals surface area (Å²) in [5.41, 5.74) is 5.36. The van der Waals surface area contributed by atoms with Crippen LogP contribution in [0.25, 0.3) is 0 Å². The molecule has 0 aliphatic carbocycles. The van der Waals surface area contributed by atoms with E-state index < -0.39 is 0 Å². The summed E-state index contributed by atoms with van der Waals surface area (Å²) in [5.74, 6) is 0.572. The Balaban J connectivity index is 2.01. The van der Waals surface area contributed by atoms with Gasteiger partial charge in [-0.2, -0.15) is 0 Å². The Morgan fingerprint density at radius 2 is 1.68 bits per heavy atom. The van der Waals surface area contributed by atoms with Crippen LogP contribution in [-0.4, -0.2) is 7.11 Å². The molecule has 3 rings (SSSR count). The number of hydrogen-bond donors (Lipinski definition) is 1. The number of methoxy groups -OCH3 is 1. The van der Waals surface area contributed by atoms with Crippen molar-refractivity contribution in [2.45, 2.75) is 19.9 Å². The molecule has 3 heteroatoms. The number of ether oxygens (including phenoxy) is 1. The fraction of sp³-hybridized carbons (Fsp3) is 0.182. The molecule has 0 aliphatic heterocycles. The number of benzene rings is 3.